The van der Waals surface area contributed by atoms with E-state index in [1.807, 2.05) is 19.1 Å². The predicted molar refractivity (Wildman–Crippen MR) is 114 cm³/mol. The molecule has 0 fully saturated rings. The Morgan fingerprint density at radius 1 is 1.20 bits per heavy atom. The maximum Gasteiger partial charge on any atom is 0.272 e. The van der Waals surface area contributed by atoms with Crippen LogP contribution >= 0.6 is 11.3 Å². The summed E-state index contributed by atoms with van der Waals surface area (Å²) in [5.74, 6) is 0.540. The molecule has 1 N–H and O–H groups in total. The molecule has 156 valence electrons. The van der Waals surface area contributed by atoms with E-state index in [1.165, 1.54) is 41.7 Å². The van der Waals surface area contributed by atoms with Crippen LogP contribution in [0.4, 0.5) is 16.5 Å². The molecule has 0 spiro atoms. The number of nitrogens with zero attached hydrogens (tertiary/aromatic N) is 2. The summed E-state index contributed by atoms with van der Waals surface area (Å²) in [4.78, 5) is 18.4. The third-order valence-corrected chi connectivity index (χ3v) is 6.74. The fourth-order valence-electron chi connectivity index (χ4n) is 3.15. The highest BCUT2D eigenvalue weighted by Crippen LogP contribution is 2.43. The number of aryl methyl sites for hydroxylation is 1. The van der Waals surface area contributed by atoms with Crippen LogP contribution in [0, 0.1) is 6.92 Å². The van der Waals surface area contributed by atoms with Crippen molar-refractivity contribution in [3.05, 3.63) is 53.5 Å². The van der Waals surface area contributed by atoms with Crippen LogP contribution in [-0.4, -0.2) is 32.5 Å². The van der Waals surface area contributed by atoms with Crippen LogP contribution in [0.2, 0.25) is 0 Å². The van der Waals surface area contributed by atoms with Gasteiger partial charge in [0, 0.05) is 17.6 Å². The van der Waals surface area contributed by atoms with Gasteiger partial charge in [0.25, 0.3) is 15.9 Å². The summed E-state index contributed by atoms with van der Waals surface area (Å²) in [5.41, 5.74) is 1.98. The van der Waals surface area contributed by atoms with Gasteiger partial charge in [0.15, 0.2) is 11.2 Å². The van der Waals surface area contributed by atoms with E-state index in [0.717, 1.165) is 5.56 Å². The number of aromatic nitrogens is 1. The minimum Gasteiger partial charge on any atom is -0.495 e. The second-order valence-corrected chi connectivity index (χ2v) is 9.26. The van der Waals surface area contributed by atoms with E-state index in [0.29, 0.717) is 17.1 Å². The van der Waals surface area contributed by atoms with Gasteiger partial charge < -0.3 is 9.47 Å². The van der Waals surface area contributed by atoms with E-state index in [9.17, 15) is 13.2 Å². The molecule has 1 atom stereocenters. The smallest absolute Gasteiger partial charge is 0.272 e. The van der Waals surface area contributed by atoms with Gasteiger partial charge in [0.1, 0.15) is 11.5 Å². The molecule has 0 radical (unpaired) electrons. The molecule has 10 heteroatoms. The number of nitrogens with one attached hydrogen (secondary N) is 1. The van der Waals surface area contributed by atoms with Crippen molar-refractivity contribution in [1.82, 2.24) is 4.98 Å². The lowest BCUT2D eigenvalue weighted by Gasteiger charge is -2.34. The maximum absolute atomic E-state index is 12.9. The van der Waals surface area contributed by atoms with Crippen molar-refractivity contribution >= 4 is 43.8 Å². The zero-order valence-electron chi connectivity index (χ0n) is 16.4. The molecule has 1 amide bonds. The summed E-state index contributed by atoms with van der Waals surface area (Å²) >= 11 is 1.18. The Balaban J connectivity index is 1.78. The van der Waals surface area contributed by atoms with E-state index >= 15 is 0 Å². The van der Waals surface area contributed by atoms with Crippen molar-refractivity contribution in [2.75, 3.05) is 16.7 Å². The van der Waals surface area contributed by atoms with Crippen LogP contribution < -0.4 is 19.1 Å². The Kier molecular flexibility index (Phi) is 5.12. The first-order chi connectivity index (χ1) is 14.3. The molecule has 8 nitrogen and oxygen atoms in total. The van der Waals surface area contributed by atoms with E-state index in [1.54, 1.807) is 24.4 Å². The molecule has 2 heterocycles. The van der Waals surface area contributed by atoms with Crippen LogP contribution in [0.1, 0.15) is 12.5 Å². The summed E-state index contributed by atoms with van der Waals surface area (Å²) < 4.78 is 39.1. The van der Waals surface area contributed by atoms with Gasteiger partial charge in [-0.15, -0.1) is 11.3 Å². The van der Waals surface area contributed by atoms with Crippen molar-refractivity contribution < 1.29 is 22.7 Å². The summed E-state index contributed by atoms with van der Waals surface area (Å²) in [7, 11) is -2.32. The van der Waals surface area contributed by atoms with Gasteiger partial charge in [0.05, 0.1) is 23.4 Å². The van der Waals surface area contributed by atoms with Crippen LogP contribution in [0.25, 0.3) is 0 Å². The topological polar surface area (TPSA) is 97.8 Å². The van der Waals surface area contributed by atoms with Gasteiger partial charge >= 0.3 is 0 Å². The first-order valence-corrected chi connectivity index (χ1v) is 11.4. The number of amides is 1. The fraction of sp³-hybridized carbons (Fsp3) is 0.200. The predicted octanol–water partition coefficient (Wildman–Crippen LogP) is 3.71. The number of ether oxygens (including phenoxy) is 2. The number of hydrogen-bond donors (Lipinski definition) is 1. The number of rotatable bonds is 5. The van der Waals surface area contributed by atoms with E-state index in [2.05, 4.69) is 9.71 Å². The quantitative estimate of drug-likeness (QED) is 0.643. The molecular weight excluding hydrogens is 426 g/mol. The van der Waals surface area contributed by atoms with Gasteiger partial charge in [-0.05, 0) is 43.7 Å². The minimum absolute atomic E-state index is 0.00817. The Morgan fingerprint density at radius 3 is 2.67 bits per heavy atom. The highest BCUT2D eigenvalue weighted by atomic mass is 32.2. The Hall–Kier alpha value is -3.11. The van der Waals surface area contributed by atoms with Gasteiger partial charge in [-0.3, -0.25) is 14.4 Å². The molecule has 1 aromatic heterocycles. The van der Waals surface area contributed by atoms with Crippen LogP contribution in [0.15, 0.2) is 52.9 Å². The first kappa shape index (κ1) is 20.2. The molecule has 1 aliphatic rings. The van der Waals surface area contributed by atoms with E-state index < -0.39 is 16.1 Å². The Morgan fingerprint density at radius 2 is 1.97 bits per heavy atom. The molecule has 0 aliphatic carbocycles. The number of carbonyl (C=O) groups excluding carboxylic acids is 1. The molecule has 0 bridgehead atoms. The zero-order chi connectivity index (χ0) is 21.5. The van der Waals surface area contributed by atoms with Crippen molar-refractivity contribution in [3.63, 3.8) is 0 Å². The standard InChI is InChI=1S/C20H19N3O5S2/c1-12-4-6-15(17(10-12)27-3)23-16-7-5-14(11-18(16)28-13(2)19(23)24)30(25,26)22-20-21-8-9-29-20/h4-11,13H,1-3H3,(H,21,22)/t13-/m0/s1. The molecule has 0 saturated heterocycles. The first-order valence-electron chi connectivity index (χ1n) is 9.02. The van der Waals surface area contributed by atoms with Crippen molar-refractivity contribution in [2.45, 2.75) is 24.8 Å². The van der Waals surface area contributed by atoms with Gasteiger partial charge in [-0.2, -0.15) is 0 Å². The molecule has 0 saturated carbocycles. The number of carbonyl (C=O) groups is 1. The number of sulfonamides is 1. The van der Waals surface area contributed by atoms with E-state index in [-0.39, 0.29) is 21.7 Å². The lowest BCUT2D eigenvalue weighted by Crippen LogP contribution is -2.41. The van der Waals surface area contributed by atoms with Crippen molar-refractivity contribution in [2.24, 2.45) is 0 Å². The Labute approximate surface area is 178 Å². The van der Waals surface area contributed by atoms with Crippen LogP contribution in [-0.2, 0) is 14.8 Å². The third-order valence-electron chi connectivity index (χ3n) is 4.58. The number of thiazole rings is 1. The van der Waals surface area contributed by atoms with E-state index in [4.69, 9.17) is 9.47 Å². The minimum atomic E-state index is -3.86. The highest BCUT2D eigenvalue weighted by Gasteiger charge is 2.35. The molecular formula is C20H19N3O5S2. The number of fused-ring (bicyclic) bond motifs is 1. The number of anilines is 3. The zero-order valence-corrected chi connectivity index (χ0v) is 18.1. The normalized spacial score (nSPS) is 16.0. The number of methoxy groups -OCH3 is 1. The second-order valence-electron chi connectivity index (χ2n) is 6.68. The third kappa shape index (κ3) is 3.59. The molecule has 2 aromatic carbocycles. The summed E-state index contributed by atoms with van der Waals surface area (Å²) in [6, 6.07) is 9.88. The lowest BCUT2D eigenvalue weighted by atomic mass is 10.1. The second kappa shape index (κ2) is 7.62. The highest BCUT2D eigenvalue weighted by molar-refractivity contribution is 7.93. The maximum atomic E-state index is 12.9. The molecule has 30 heavy (non-hydrogen) atoms. The summed E-state index contributed by atoms with van der Waals surface area (Å²) in [6.07, 6.45) is 0.715. The molecule has 1 aliphatic heterocycles. The van der Waals surface area contributed by atoms with Crippen molar-refractivity contribution in [3.8, 4) is 11.5 Å². The average Bonchev–Trinajstić information content (AvgIpc) is 3.21. The largest absolute Gasteiger partial charge is 0.495 e. The van der Waals surface area contributed by atoms with Gasteiger partial charge in [0.2, 0.25) is 0 Å². The SMILES string of the molecule is COc1cc(C)ccc1N1C(=O)[C@H](C)Oc2cc(S(=O)(=O)Nc3nccs3)ccc21. The molecule has 3 aromatic rings. The van der Waals surface area contributed by atoms with Gasteiger partial charge in [-0.1, -0.05) is 6.07 Å². The monoisotopic (exact) mass is 445 g/mol. The number of hydrogen-bond acceptors (Lipinski definition) is 7. The van der Waals surface area contributed by atoms with Gasteiger partial charge in [-0.25, -0.2) is 13.4 Å². The average molecular weight is 446 g/mol. The number of benzene rings is 2. The van der Waals surface area contributed by atoms with Crippen molar-refractivity contribution in [1.29, 1.82) is 0 Å². The van der Waals surface area contributed by atoms with Crippen LogP contribution in [0.3, 0.4) is 0 Å². The molecule has 4 rings (SSSR count). The Bertz CT molecular complexity index is 1210. The summed E-state index contributed by atoms with van der Waals surface area (Å²) in [6.45, 7) is 3.55. The fourth-order valence-corrected chi connectivity index (χ4v) is 4.95. The van der Waals surface area contributed by atoms with Crippen LogP contribution in [0.5, 0.6) is 11.5 Å². The lowest BCUT2D eigenvalue weighted by molar-refractivity contribution is -0.124. The summed E-state index contributed by atoms with van der Waals surface area (Å²) in [5, 5.41) is 1.94. The molecule has 0 unspecified atom stereocenters.